The van der Waals surface area contributed by atoms with Crippen molar-refractivity contribution < 1.29 is 23.9 Å². The first-order valence-corrected chi connectivity index (χ1v) is 13.5. The molecular weight excluding hydrogens is 458 g/mol. The molecule has 2 N–H and O–H groups in total. The number of rotatable bonds is 9. The van der Waals surface area contributed by atoms with Crippen LogP contribution in [0.4, 0.5) is 4.79 Å². The van der Waals surface area contributed by atoms with Crippen LogP contribution >= 0.6 is 0 Å². The fourth-order valence-corrected chi connectivity index (χ4v) is 9.02. The number of amides is 1. The molecule has 35 heavy (non-hydrogen) atoms. The van der Waals surface area contributed by atoms with Crippen LogP contribution in [0.1, 0.15) is 33.3 Å². The number of aliphatic carboxylic acids is 1. The van der Waals surface area contributed by atoms with Crippen LogP contribution in [0.5, 0.6) is 0 Å². The van der Waals surface area contributed by atoms with E-state index < -0.39 is 32.5 Å². The number of carbonyl (C=O) groups is 2. The molecule has 0 saturated heterocycles. The fourth-order valence-electron chi connectivity index (χ4n) is 4.31. The number of ether oxygens (including phenoxy) is 1. The molecule has 0 heterocycles. The second kappa shape index (κ2) is 11.3. The molecule has 0 radical (unpaired) electrons. The SMILES string of the molecule is C[C@@H](O[Si](c1ccccc1)(c1ccccc1)C(C)(C)C)[C@H](NC(=O)OCc1ccccc1)C(=O)O. The van der Waals surface area contributed by atoms with Crippen LogP contribution < -0.4 is 15.7 Å². The smallest absolute Gasteiger partial charge is 0.408 e. The number of hydrogen-bond donors (Lipinski definition) is 2. The third kappa shape index (κ3) is 6.18. The molecule has 7 heteroatoms. The Morgan fingerprint density at radius 2 is 1.31 bits per heavy atom. The molecule has 0 saturated carbocycles. The summed E-state index contributed by atoms with van der Waals surface area (Å²) in [6.07, 6.45) is -1.64. The Morgan fingerprint density at radius 3 is 1.74 bits per heavy atom. The number of carbonyl (C=O) groups excluding carboxylic acids is 1. The van der Waals surface area contributed by atoms with Crippen molar-refractivity contribution in [2.45, 2.75) is 51.5 Å². The standard InChI is InChI=1S/C28H33NO5Si/c1-21(25(26(30)31)29-27(32)33-20-22-14-8-5-9-15-22)34-35(28(2,3)4,23-16-10-6-11-17-23)24-18-12-7-13-19-24/h5-19,21,25H,20H2,1-4H3,(H,29,32)(H,30,31)/t21-,25+/m1/s1. The van der Waals surface area contributed by atoms with Gasteiger partial charge in [-0.3, -0.25) is 0 Å². The van der Waals surface area contributed by atoms with Gasteiger partial charge < -0.3 is 19.6 Å². The average molecular weight is 492 g/mol. The summed E-state index contributed by atoms with van der Waals surface area (Å²) in [6.45, 7) is 8.08. The van der Waals surface area contributed by atoms with Gasteiger partial charge in [0.2, 0.25) is 0 Å². The predicted molar refractivity (Wildman–Crippen MR) is 139 cm³/mol. The Kier molecular flexibility index (Phi) is 8.48. The summed E-state index contributed by atoms with van der Waals surface area (Å²) >= 11 is 0. The van der Waals surface area contributed by atoms with Crippen LogP contribution in [-0.2, 0) is 20.6 Å². The van der Waals surface area contributed by atoms with Gasteiger partial charge in [-0.05, 0) is 27.9 Å². The lowest BCUT2D eigenvalue weighted by Crippen LogP contribution is -2.69. The highest BCUT2D eigenvalue weighted by Crippen LogP contribution is 2.37. The van der Waals surface area contributed by atoms with Crippen LogP contribution in [-0.4, -0.2) is 37.6 Å². The van der Waals surface area contributed by atoms with Crippen molar-refractivity contribution in [1.82, 2.24) is 5.32 Å². The van der Waals surface area contributed by atoms with Crippen LogP contribution in [0.2, 0.25) is 5.04 Å². The van der Waals surface area contributed by atoms with Gasteiger partial charge in [0.05, 0.1) is 6.10 Å². The Labute approximate surface area is 208 Å². The highest BCUT2D eigenvalue weighted by molar-refractivity contribution is 6.99. The molecule has 3 rings (SSSR count). The molecule has 0 aliphatic rings. The number of carboxylic acids is 1. The van der Waals surface area contributed by atoms with Gasteiger partial charge in [-0.25, -0.2) is 9.59 Å². The van der Waals surface area contributed by atoms with E-state index in [1.165, 1.54) is 0 Å². The molecule has 184 valence electrons. The predicted octanol–water partition coefficient (Wildman–Crippen LogP) is 4.33. The van der Waals surface area contributed by atoms with Crippen molar-refractivity contribution in [3.63, 3.8) is 0 Å². The molecule has 0 fully saturated rings. The monoisotopic (exact) mass is 491 g/mol. The van der Waals surface area contributed by atoms with E-state index in [0.717, 1.165) is 15.9 Å². The van der Waals surface area contributed by atoms with Crippen molar-refractivity contribution in [1.29, 1.82) is 0 Å². The van der Waals surface area contributed by atoms with E-state index in [0.29, 0.717) is 0 Å². The van der Waals surface area contributed by atoms with Gasteiger partial charge in [-0.1, -0.05) is 112 Å². The first kappa shape index (κ1) is 26.2. The van der Waals surface area contributed by atoms with Crippen LogP contribution in [0.25, 0.3) is 0 Å². The number of benzene rings is 3. The first-order chi connectivity index (χ1) is 16.6. The second-order valence-electron chi connectivity index (χ2n) is 9.51. The zero-order valence-electron chi connectivity index (χ0n) is 20.6. The lowest BCUT2D eigenvalue weighted by Gasteiger charge is -2.45. The summed E-state index contributed by atoms with van der Waals surface area (Å²) in [7, 11) is -3.00. The maximum atomic E-state index is 12.5. The van der Waals surface area contributed by atoms with E-state index in [9.17, 15) is 14.7 Å². The molecule has 2 atom stereocenters. The fraction of sp³-hybridized carbons (Fsp3) is 0.286. The van der Waals surface area contributed by atoms with Gasteiger partial charge >= 0.3 is 12.1 Å². The number of carboxylic acid groups (broad SMARTS) is 1. The summed E-state index contributed by atoms with van der Waals surface area (Å²) < 4.78 is 12.1. The molecule has 0 aliphatic carbocycles. The van der Waals surface area contributed by atoms with E-state index in [4.69, 9.17) is 9.16 Å². The van der Waals surface area contributed by atoms with Crippen LogP contribution in [0.15, 0.2) is 91.0 Å². The van der Waals surface area contributed by atoms with E-state index in [1.54, 1.807) is 6.92 Å². The van der Waals surface area contributed by atoms with Gasteiger partial charge in [0, 0.05) is 0 Å². The minimum absolute atomic E-state index is 0.0446. The summed E-state index contributed by atoms with van der Waals surface area (Å²) in [4.78, 5) is 24.7. The van der Waals surface area contributed by atoms with Gasteiger partial charge in [0.25, 0.3) is 8.32 Å². The topological polar surface area (TPSA) is 84.9 Å². The van der Waals surface area contributed by atoms with E-state index in [2.05, 4.69) is 26.1 Å². The Balaban J connectivity index is 1.90. The Hall–Kier alpha value is -3.42. The summed E-state index contributed by atoms with van der Waals surface area (Å²) in [6, 6.07) is 27.8. The van der Waals surface area contributed by atoms with Crippen LogP contribution in [0.3, 0.4) is 0 Å². The second-order valence-corrected chi connectivity index (χ2v) is 13.8. The molecule has 3 aromatic rings. The average Bonchev–Trinajstić information content (AvgIpc) is 2.85. The normalized spacial score (nSPS) is 13.5. The minimum atomic E-state index is -3.00. The molecule has 6 nitrogen and oxygen atoms in total. The van der Waals surface area contributed by atoms with Gasteiger partial charge in [0.1, 0.15) is 6.61 Å². The van der Waals surface area contributed by atoms with Crippen LogP contribution in [0, 0.1) is 0 Å². The van der Waals surface area contributed by atoms with Crippen molar-refractivity contribution in [3.05, 3.63) is 96.6 Å². The van der Waals surface area contributed by atoms with Crippen molar-refractivity contribution in [2.24, 2.45) is 0 Å². The largest absolute Gasteiger partial charge is 0.480 e. The number of alkyl carbamates (subject to hydrolysis) is 1. The third-order valence-electron chi connectivity index (χ3n) is 6.00. The highest BCUT2D eigenvalue weighted by Gasteiger charge is 2.52. The van der Waals surface area contributed by atoms with Gasteiger partial charge in [0.15, 0.2) is 6.04 Å². The van der Waals surface area contributed by atoms with Crippen molar-refractivity contribution in [2.75, 3.05) is 0 Å². The highest BCUT2D eigenvalue weighted by atomic mass is 28.4. The lowest BCUT2D eigenvalue weighted by atomic mass is 10.2. The van der Waals surface area contributed by atoms with Gasteiger partial charge in [-0.15, -0.1) is 0 Å². The van der Waals surface area contributed by atoms with E-state index in [-0.39, 0.29) is 11.6 Å². The van der Waals surface area contributed by atoms with Gasteiger partial charge in [-0.2, -0.15) is 0 Å². The zero-order chi connectivity index (χ0) is 25.5. The molecule has 0 spiro atoms. The molecular formula is C28H33NO5Si. The molecule has 0 aliphatic heterocycles. The maximum absolute atomic E-state index is 12.5. The Bertz CT molecular complexity index is 1060. The summed E-state index contributed by atoms with van der Waals surface area (Å²) in [5.41, 5.74) is 0.811. The quantitative estimate of drug-likeness (QED) is 0.435. The molecule has 0 aromatic heterocycles. The Morgan fingerprint density at radius 1 is 0.857 bits per heavy atom. The van der Waals surface area contributed by atoms with E-state index >= 15 is 0 Å². The third-order valence-corrected chi connectivity index (χ3v) is 11.1. The molecule has 0 bridgehead atoms. The lowest BCUT2D eigenvalue weighted by molar-refractivity contribution is -0.141. The minimum Gasteiger partial charge on any atom is -0.480 e. The van der Waals surface area contributed by atoms with Crippen molar-refractivity contribution in [3.8, 4) is 0 Å². The van der Waals surface area contributed by atoms with Crippen molar-refractivity contribution >= 4 is 30.8 Å². The summed E-state index contributed by atoms with van der Waals surface area (Å²) in [5.74, 6) is -1.19. The molecule has 3 aromatic carbocycles. The number of hydrogen-bond acceptors (Lipinski definition) is 4. The maximum Gasteiger partial charge on any atom is 0.408 e. The molecule has 0 unspecified atom stereocenters. The molecule has 1 amide bonds. The van der Waals surface area contributed by atoms with E-state index in [1.807, 2.05) is 91.0 Å². The summed E-state index contributed by atoms with van der Waals surface area (Å²) in [5, 5.41) is 14.2. The first-order valence-electron chi connectivity index (χ1n) is 11.6. The zero-order valence-corrected chi connectivity index (χ0v) is 21.6. The number of nitrogens with one attached hydrogen (secondary N) is 1.